The zero-order chi connectivity index (χ0) is 16.5. The van der Waals surface area contributed by atoms with Crippen molar-refractivity contribution in [2.75, 3.05) is 6.61 Å². The second-order valence-corrected chi connectivity index (χ2v) is 6.76. The van der Waals surface area contributed by atoms with E-state index in [0.717, 1.165) is 17.4 Å². The first kappa shape index (κ1) is 16.9. The Hall–Kier alpha value is -1.43. The highest BCUT2D eigenvalue weighted by Gasteiger charge is 2.52. The molecule has 1 N–H and O–H groups in total. The maximum Gasteiger partial charge on any atom is 0.492 e. The molecule has 2 rings (SSSR count). The molecule has 0 spiro atoms. The van der Waals surface area contributed by atoms with Gasteiger partial charge in [-0.2, -0.15) is 0 Å². The number of carbonyl (C=O) groups excluding carboxylic acids is 1. The fourth-order valence-electron chi connectivity index (χ4n) is 2.39. The molecule has 1 aliphatic heterocycles. The molecule has 0 amide bonds. The fraction of sp³-hybridized carbons (Fsp3) is 0.471. The molecule has 1 aliphatic rings. The molecule has 0 atom stereocenters. The summed E-state index contributed by atoms with van der Waals surface area (Å²) < 4.78 is 11.9. The Kier molecular flexibility index (Phi) is 4.61. The molecule has 0 bridgehead atoms. The Morgan fingerprint density at radius 3 is 2.18 bits per heavy atom. The standard InChI is InChI=1S/C17H23BO4/c1-12-6-13(8-14(7-12)10-19)9-15(11-20)18-21-16(2,3)17(4,5)22-18/h6-10,20H,11H2,1-5H3. The predicted molar refractivity (Wildman–Crippen MR) is 87.7 cm³/mol. The Bertz CT molecular complexity index is 589. The van der Waals surface area contributed by atoms with Crippen molar-refractivity contribution < 1.29 is 19.2 Å². The van der Waals surface area contributed by atoms with Crippen LogP contribution in [0.15, 0.2) is 23.7 Å². The van der Waals surface area contributed by atoms with Crippen LogP contribution >= 0.6 is 0 Å². The quantitative estimate of drug-likeness (QED) is 0.686. The average Bonchev–Trinajstić information content (AvgIpc) is 2.64. The van der Waals surface area contributed by atoms with E-state index in [9.17, 15) is 9.90 Å². The smallest absolute Gasteiger partial charge is 0.400 e. The summed E-state index contributed by atoms with van der Waals surface area (Å²) in [4.78, 5) is 11.0. The van der Waals surface area contributed by atoms with Gasteiger partial charge in [-0.15, -0.1) is 0 Å². The van der Waals surface area contributed by atoms with Gasteiger partial charge in [0.25, 0.3) is 0 Å². The lowest BCUT2D eigenvalue weighted by Crippen LogP contribution is -2.41. The monoisotopic (exact) mass is 302 g/mol. The van der Waals surface area contributed by atoms with Crippen LogP contribution in [0, 0.1) is 6.92 Å². The van der Waals surface area contributed by atoms with Gasteiger partial charge in [-0.1, -0.05) is 12.1 Å². The van der Waals surface area contributed by atoms with Crippen molar-refractivity contribution in [2.24, 2.45) is 0 Å². The van der Waals surface area contributed by atoms with Crippen LogP contribution in [-0.4, -0.2) is 36.3 Å². The molecular weight excluding hydrogens is 279 g/mol. The summed E-state index contributed by atoms with van der Waals surface area (Å²) >= 11 is 0. The van der Waals surface area contributed by atoms with Gasteiger partial charge in [0, 0.05) is 5.56 Å². The third-order valence-electron chi connectivity index (χ3n) is 4.35. The van der Waals surface area contributed by atoms with Gasteiger partial charge in [0.15, 0.2) is 0 Å². The molecule has 1 aromatic rings. The van der Waals surface area contributed by atoms with Crippen LogP contribution in [0.3, 0.4) is 0 Å². The van der Waals surface area contributed by atoms with Gasteiger partial charge in [0.2, 0.25) is 0 Å². The molecule has 4 nitrogen and oxygen atoms in total. The molecule has 5 heteroatoms. The van der Waals surface area contributed by atoms with Crippen molar-refractivity contribution in [3.63, 3.8) is 0 Å². The Morgan fingerprint density at radius 2 is 1.68 bits per heavy atom. The maximum atomic E-state index is 11.0. The van der Waals surface area contributed by atoms with E-state index in [1.54, 1.807) is 6.07 Å². The first-order valence-corrected chi connectivity index (χ1v) is 7.42. The maximum absolute atomic E-state index is 11.0. The SMILES string of the molecule is Cc1cc(C=O)cc(C=C(CO)B2OC(C)(C)C(C)(C)O2)c1. The summed E-state index contributed by atoms with van der Waals surface area (Å²) in [6, 6.07) is 5.55. The molecule has 1 aromatic carbocycles. The molecule has 0 aromatic heterocycles. The van der Waals surface area contributed by atoms with Crippen molar-refractivity contribution in [2.45, 2.75) is 45.8 Å². The third-order valence-corrected chi connectivity index (χ3v) is 4.35. The van der Waals surface area contributed by atoms with E-state index >= 15 is 0 Å². The van der Waals surface area contributed by atoms with E-state index in [1.165, 1.54) is 0 Å². The predicted octanol–water partition coefficient (Wildman–Crippen LogP) is 2.81. The molecule has 1 heterocycles. The Morgan fingerprint density at radius 1 is 1.14 bits per heavy atom. The summed E-state index contributed by atoms with van der Waals surface area (Å²) in [6.07, 6.45) is 2.64. The molecule has 0 radical (unpaired) electrons. The number of aliphatic hydroxyl groups excluding tert-OH is 1. The van der Waals surface area contributed by atoms with Crippen molar-refractivity contribution in [1.82, 2.24) is 0 Å². The fourth-order valence-corrected chi connectivity index (χ4v) is 2.39. The first-order valence-electron chi connectivity index (χ1n) is 7.42. The van der Waals surface area contributed by atoms with Crippen LogP contribution in [0.2, 0.25) is 0 Å². The lowest BCUT2D eigenvalue weighted by atomic mass is 9.77. The number of hydrogen-bond donors (Lipinski definition) is 1. The lowest BCUT2D eigenvalue weighted by molar-refractivity contribution is 0.00578. The normalized spacial score (nSPS) is 20.3. The van der Waals surface area contributed by atoms with Gasteiger partial charge in [0.05, 0.1) is 17.8 Å². The largest absolute Gasteiger partial charge is 0.492 e. The Balaban J connectivity index is 2.33. The molecule has 1 saturated heterocycles. The average molecular weight is 302 g/mol. The molecule has 0 saturated carbocycles. The van der Waals surface area contributed by atoms with Gasteiger partial charge >= 0.3 is 7.12 Å². The second-order valence-electron chi connectivity index (χ2n) is 6.76. The first-order chi connectivity index (χ1) is 10.2. The Labute approximate surface area is 132 Å². The van der Waals surface area contributed by atoms with E-state index in [2.05, 4.69) is 0 Å². The molecule has 0 unspecified atom stereocenters. The lowest BCUT2D eigenvalue weighted by Gasteiger charge is -2.32. The van der Waals surface area contributed by atoms with Crippen LogP contribution in [0.25, 0.3) is 6.08 Å². The molecule has 118 valence electrons. The zero-order valence-electron chi connectivity index (χ0n) is 13.8. The highest BCUT2D eigenvalue weighted by atomic mass is 16.7. The number of benzene rings is 1. The number of carbonyl (C=O) groups is 1. The van der Waals surface area contributed by atoms with E-state index in [1.807, 2.05) is 52.8 Å². The van der Waals surface area contributed by atoms with E-state index in [4.69, 9.17) is 9.31 Å². The molecule has 0 aliphatic carbocycles. The van der Waals surface area contributed by atoms with Gasteiger partial charge in [-0.25, -0.2) is 0 Å². The summed E-state index contributed by atoms with van der Waals surface area (Å²) in [5, 5.41) is 9.69. The van der Waals surface area contributed by atoms with Crippen LogP contribution in [0.1, 0.15) is 49.2 Å². The van der Waals surface area contributed by atoms with Crippen molar-refractivity contribution in [1.29, 1.82) is 0 Å². The minimum atomic E-state index is -0.588. The van der Waals surface area contributed by atoms with Crippen molar-refractivity contribution in [3.8, 4) is 0 Å². The van der Waals surface area contributed by atoms with E-state index < -0.39 is 18.3 Å². The zero-order valence-corrected chi connectivity index (χ0v) is 13.8. The van der Waals surface area contributed by atoms with Crippen LogP contribution in [-0.2, 0) is 9.31 Å². The number of aliphatic hydroxyl groups is 1. The van der Waals surface area contributed by atoms with Crippen LogP contribution in [0.4, 0.5) is 0 Å². The summed E-state index contributed by atoms with van der Waals surface area (Å²) in [6.45, 7) is 9.65. The van der Waals surface area contributed by atoms with E-state index in [0.29, 0.717) is 11.0 Å². The molecule has 22 heavy (non-hydrogen) atoms. The highest BCUT2D eigenvalue weighted by molar-refractivity contribution is 6.55. The second kappa shape index (κ2) is 5.99. The number of aryl methyl sites for hydroxylation is 1. The summed E-state index contributed by atoms with van der Waals surface area (Å²) in [5.74, 6) is 0. The van der Waals surface area contributed by atoms with Gasteiger partial charge in [-0.05, 0) is 63.4 Å². The van der Waals surface area contributed by atoms with Crippen molar-refractivity contribution >= 4 is 19.5 Å². The molecular formula is C17H23BO4. The summed E-state index contributed by atoms with van der Waals surface area (Å²) in [5.41, 5.74) is 2.18. The van der Waals surface area contributed by atoms with Crippen molar-refractivity contribution in [3.05, 3.63) is 40.4 Å². The third kappa shape index (κ3) is 3.32. The highest BCUT2D eigenvalue weighted by Crippen LogP contribution is 2.38. The van der Waals surface area contributed by atoms with Gasteiger partial charge in [-0.3, -0.25) is 4.79 Å². The van der Waals surface area contributed by atoms with Gasteiger partial charge in [0.1, 0.15) is 6.29 Å². The minimum absolute atomic E-state index is 0.165. The van der Waals surface area contributed by atoms with Crippen LogP contribution in [0.5, 0.6) is 0 Å². The van der Waals surface area contributed by atoms with E-state index in [-0.39, 0.29) is 6.61 Å². The topological polar surface area (TPSA) is 55.8 Å². The van der Waals surface area contributed by atoms with Crippen LogP contribution < -0.4 is 0 Å². The van der Waals surface area contributed by atoms with Gasteiger partial charge < -0.3 is 14.4 Å². The number of hydrogen-bond acceptors (Lipinski definition) is 4. The minimum Gasteiger partial charge on any atom is -0.400 e. The number of rotatable bonds is 4. The summed E-state index contributed by atoms with van der Waals surface area (Å²) in [7, 11) is -0.588. The molecule has 1 fully saturated rings. The number of aldehydes is 1.